The zero-order valence-corrected chi connectivity index (χ0v) is 15.4. The lowest BCUT2D eigenvalue weighted by Crippen LogP contribution is -2.29. The number of amides is 1. The molecular weight excluding hydrogens is 318 g/mol. The van der Waals surface area contributed by atoms with E-state index in [0.29, 0.717) is 0 Å². The smallest absolute Gasteiger partial charge is 0.261 e. The second kappa shape index (κ2) is 7.54. The summed E-state index contributed by atoms with van der Waals surface area (Å²) in [6.07, 6.45) is 9.24. The van der Waals surface area contributed by atoms with Crippen LogP contribution in [0.25, 0.3) is 0 Å². The van der Waals surface area contributed by atoms with Crippen LogP contribution < -0.4 is 5.32 Å². The highest BCUT2D eigenvalue weighted by atomic mass is 32.1. The standard InChI is InChI=1S/C19H29N3OS/c23-19(20-8-5-11-21-9-3-4-10-21)17-12-15-13-22(14-18(15)24-17)16-6-1-2-7-16/h12,16H,1-11,13-14H2,(H,20,23). The third-order valence-corrected chi connectivity index (χ3v) is 6.98. The van der Waals surface area contributed by atoms with Gasteiger partial charge in [0.25, 0.3) is 5.91 Å². The Hall–Kier alpha value is -0.910. The number of hydrogen-bond acceptors (Lipinski definition) is 4. The van der Waals surface area contributed by atoms with Crippen LogP contribution in [-0.2, 0) is 13.1 Å². The third-order valence-electron chi connectivity index (χ3n) is 5.82. The van der Waals surface area contributed by atoms with Gasteiger partial charge in [-0.25, -0.2) is 0 Å². The van der Waals surface area contributed by atoms with Crippen molar-refractivity contribution in [3.05, 3.63) is 21.4 Å². The molecule has 3 heterocycles. The number of carbonyl (C=O) groups excluding carboxylic acids is 1. The minimum Gasteiger partial charge on any atom is -0.351 e. The molecule has 1 N–H and O–H groups in total. The Bertz CT molecular complexity index is 550. The molecule has 0 spiro atoms. The molecule has 2 fully saturated rings. The van der Waals surface area contributed by atoms with Gasteiger partial charge in [-0.2, -0.15) is 0 Å². The maximum Gasteiger partial charge on any atom is 0.261 e. The van der Waals surface area contributed by atoms with Crippen LogP contribution in [0.4, 0.5) is 0 Å². The molecule has 1 aromatic heterocycles. The number of fused-ring (bicyclic) bond motifs is 1. The van der Waals surface area contributed by atoms with Gasteiger partial charge in [-0.15, -0.1) is 11.3 Å². The van der Waals surface area contributed by atoms with Crippen molar-refractivity contribution in [3.63, 3.8) is 0 Å². The predicted molar refractivity (Wildman–Crippen MR) is 98.4 cm³/mol. The van der Waals surface area contributed by atoms with Gasteiger partial charge in [-0.1, -0.05) is 12.8 Å². The number of rotatable bonds is 6. The van der Waals surface area contributed by atoms with Gasteiger partial charge >= 0.3 is 0 Å². The van der Waals surface area contributed by atoms with Crippen molar-refractivity contribution in [1.82, 2.24) is 15.1 Å². The second-order valence-electron chi connectivity index (χ2n) is 7.56. The van der Waals surface area contributed by atoms with E-state index in [1.54, 1.807) is 11.3 Å². The molecule has 1 amide bonds. The van der Waals surface area contributed by atoms with Crippen molar-refractivity contribution in [1.29, 1.82) is 0 Å². The maximum atomic E-state index is 12.4. The summed E-state index contributed by atoms with van der Waals surface area (Å²) in [5.74, 6) is 0.128. The Morgan fingerprint density at radius 2 is 1.96 bits per heavy atom. The molecule has 24 heavy (non-hydrogen) atoms. The van der Waals surface area contributed by atoms with Crippen molar-refractivity contribution < 1.29 is 4.79 Å². The highest BCUT2D eigenvalue weighted by Crippen LogP contribution is 2.35. The first-order valence-corrected chi connectivity index (χ1v) is 10.5. The first-order chi connectivity index (χ1) is 11.8. The molecule has 1 aliphatic carbocycles. The summed E-state index contributed by atoms with van der Waals surface area (Å²) in [5, 5.41) is 3.11. The van der Waals surface area contributed by atoms with Gasteiger partial charge < -0.3 is 10.2 Å². The van der Waals surface area contributed by atoms with Crippen molar-refractivity contribution in [3.8, 4) is 0 Å². The predicted octanol–water partition coefficient (Wildman–Crippen LogP) is 3.22. The van der Waals surface area contributed by atoms with Crippen molar-refractivity contribution in [2.75, 3.05) is 26.2 Å². The summed E-state index contributed by atoms with van der Waals surface area (Å²) >= 11 is 1.71. The van der Waals surface area contributed by atoms with Gasteiger partial charge in [0, 0.05) is 30.6 Å². The lowest BCUT2D eigenvalue weighted by atomic mass is 10.2. The molecule has 4 rings (SSSR count). The molecule has 0 unspecified atom stereocenters. The van der Waals surface area contributed by atoms with E-state index >= 15 is 0 Å². The summed E-state index contributed by atoms with van der Waals surface area (Å²) in [5.41, 5.74) is 1.40. The van der Waals surface area contributed by atoms with Crippen LogP contribution in [0.15, 0.2) is 6.07 Å². The Morgan fingerprint density at radius 1 is 1.17 bits per heavy atom. The van der Waals surface area contributed by atoms with Crippen LogP contribution in [0.3, 0.4) is 0 Å². The van der Waals surface area contributed by atoms with Gasteiger partial charge in [0.15, 0.2) is 0 Å². The van der Waals surface area contributed by atoms with Gasteiger partial charge in [0.05, 0.1) is 4.88 Å². The van der Waals surface area contributed by atoms with E-state index in [4.69, 9.17) is 0 Å². The van der Waals surface area contributed by atoms with E-state index in [1.165, 1.54) is 62.1 Å². The molecule has 3 aliphatic rings. The fourth-order valence-corrected chi connectivity index (χ4v) is 5.55. The highest BCUT2D eigenvalue weighted by molar-refractivity contribution is 7.14. The van der Waals surface area contributed by atoms with Gasteiger partial charge in [-0.3, -0.25) is 9.69 Å². The van der Waals surface area contributed by atoms with Crippen molar-refractivity contribution >= 4 is 17.2 Å². The minimum atomic E-state index is 0.128. The summed E-state index contributed by atoms with van der Waals surface area (Å²) in [7, 11) is 0. The van der Waals surface area contributed by atoms with E-state index in [-0.39, 0.29) is 5.91 Å². The van der Waals surface area contributed by atoms with Crippen molar-refractivity contribution in [2.45, 2.75) is 64.1 Å². The zero-order chi connectivity index (χ0) is 16.4. The SMILES string of the molecule is O=C(NCCCN1CCCC1)c1cc2c(s1)CN(C1CCCC1)C2. The first-order valence-electron chi connectivity index (χ1n) is 9.66. The first kappa shape index (κ1) is 16.6. The van der Waals surface area contributed by atoms with E-state index in [2.05, 4.69) is 21.2 Å². The van der Waals surface area contributed by atoms with Crippen LogP contribution in [0.1, 0.15) is 65.1 Å². The van der Waals surface area contributed by atoms with Gasteiger partial charge in [0.2, 0.25) is 0 Å². The fraction of sp³-hybridized carbons (Fsp3) is 0.737. The number of nitrogens with zero attached hydrogens (tertiary/aromatic N) is 2. The largest absolute Gasteiger partial charge is 0.351 e. The quantitative estimate of drug-likeness (QED) is 0.803. The molecule has 0 atom stereocenters. The molecule has 0 radical (unpaired) electrons. The normalized spacial score (nSPS) is 22.3. The number of hydrogen-bond donors (Lipinski definition) is 1. The molecule has 0 aromatic carbocycles. The Balaban J connectivity index is 1.23. The minimum absolute atomic E-state index is 0.128. The van der Waals surface area contributed by atoms with Crippen LogP contribution in [-0.4, -0.2) is 47.9 Å². The Kier molecular flexibility index (Phi) is 5.20. The number of likely N-dealkylation sites (tertiary alicyclic amines) is 1. The summed E-state index contributed by atoms with van der Waals surface area (Å²) in [6, 6.07) is 2.93. The average molecular weight is 348 g/mol. The average Bonchev–Trinajstić information content (AvgIpc) is 3.35. The third kappa shape index (κ3) is 3.68. The number of carbonyl (C=O) groups is 1. The van der Waals surface area contributed by atoms with Gasteiger partial charge in [-0.05, 0) is 63.4 Å². The van der Waals surface area contributed by atoms with Crippen LogP contribution in [0.5, 0.6) is 0 Å². The molecule has 2 aliphatic heterocycles. The topological polar surface area (TPSA) is 35.6 Å². The summed E-state index contributed by atoms with van der Waals surface area (Å²) in [4.78, 5) is 19.8. The summed E-state index contributed by atoms with van der Waals surface area (Å²) < 4.78 is 0. The monoisotopic (exact) mass is 347 g/mol. The van der Waals surface area contributed by atoms with Crippen LogP contribution in [0, 0.1) is 0 Å². The lowest BCUT2D eigenvalue weighted by Gasteiger charge is -2.22. The molecule has 0 bridgehead atoms. The molecule has 4 nitrogen and oxygen atoms in total. The second-order valence-corrected chi connectivity index (χ2v) is 8.70. The Labute approximate surface area is 149 Å². The molecule has 1 aromatic rings. The highest BCUT2D eigenvalue weighted by Gasteiger charge is 2.30. The van der Waals surface area contributed by atoms with Crippen LogP contribution >= 0.6 is 11.3 Å². The van der Waals surface area contributed by atoms with Crippen LogP contribution in [0.2, 0.25) is 0 Å². The zero-order valence-electron chi connectivity index (χ0n) is 14.6. The van der Waals surface area contributed by atoms with E-state index in [9.17, 15) is 4.79 Å². The molecule has 132 valence electrons. The lowest BCUT2D eigenvalue weighted by molar-refractivity contribution is 0.0956. The van der Waals surface area contributed by atoms with E-state index in [1.807, 2.05) is 0 Å². The fourth-order valence-electron chi connectivity index (χ4n) is 4.43. The number of thiophene rings is 1. The van der Waals surface area contributed by atoms with Gasteiger partial charge in [0.1, 0.15) is 0 Å². The molecule has 1 saturated carbocycles. The van der Waals surface area contributed by atoms with Crippen molar-refractivity contribution in [2.24, 2.45) is 0 Å². The Morgan fingerprint density at radius 3 is 2.71 bits per heavy atom. The number of nitrogens with one attached hydrogen (secondary N) is 1. The molecular formula is C19H29N3OS. The van der Waals surface area contributed by atoms with E-state index < -0.39 is 0 Å². The molecule has 1 saturated heterocycles. The summed E-state index contributed by atoms with van der Waals surface area (Å²) in [6.45, 7) is 6.52. The maximum absolute atomic E-state index is 12.4. The molecule has 5 heteroatoms. The van der Waals surface area contributed by atoms with E-state index in [0.717, 1.165) is 43.5 Å².